The smallest absolute Gasteiger partial charge is 0.307 e. The van der Waals surface area contributed by atoms with E-state index < -0.39 is 12.1 Å². The number of fused-ring (bicyclic) bond motifs is 1. The van der Waals surface area contributed by atoms with Crippen LogP contribution in [0.3, 0.4) is 0 Å². The molecule has 0 N–H and O–H groups in total. The summed E-state index contributed by atoms with van der Waals surface area (Å²) >= 11 is 1.38. The molecule has 124 valence electrons. The van der Waals surface area contributed by atoms with Crippen molar-refractivity contribution in [3.63, 3.8) is 0 Å². The van der Waals surface area contributed by atoms with Gasteiger partial charge in [0.25, 0.3) is 4.61 Å². The molecule has 1 aliphatic carbocycles. The molecule has 3 aliphatic rings. The van der Waals surface area contributed by atoms with Crippen LogP contribution in [0, 0.1) is 11.3 Å². The number of hydrogen-bond acceptors (Lipinski definition) is 6. The monoisotopic (exact) mass is 352 g/mol. The van der Waals surface area contributed by atoms with E-state index in [1.165, 1.54) is 16.5 Å². The van der Waals surface area contributed by atoms with E-state index >= 15 is 0 Å². The Hall–Kier alpha value is -1.09. The van der Waals surface area contributed by atoms with E-state index in [4.69, 9.17) is 4.52 Å². The number of thioether (sulfide) groups is 1. The van der Waals surface area contributed by atoms with Crippen LogP contribution in [0.5, 0.6) is 0 Å². The van der Waals surface area contributed by atoms with E-state index in [0.717, 1.165) is 29.7 Å². The lowest BCUT2D eigenvalue weighted by Gasteiger charge is -2.33. The summed E-state index contributed by atoms with van der Waals surface area (Å²) in [4.78, 5) is 1.02. The van der Waals surface area contributed by atoms with Crippen molar-refractivity contribution < 1.29 is 9.09 Å². The fourth-order valence-corrected chi connectivity index (χ4v) is 7.87. The number of nitriles is 1. The number of hydrogen-bond donors (Lipinski definition) is 0. The van der Waals surface area contributed by atoms with E-state index in [-0.39, 0.29) is 12.1 Å². The molecular formula is C15H21N4O2PS. The van der Waals surface area contributed by atoms with E-state index in [1.807, 2.05) is 27.7 Å². The largest absolute Gasteiger partial charge is 0.358 e. The second-order valence-electron chi connectivity index (χ2n) is 6.41. The first-order valence-corrected chi connectivity index (χ1v) is 10.3. The summed E-state index contributed by atoms with van der Waals surface area (Å²) in [6, 6.07) is 2.15. The van der Waals surface area contributed by atoms with Gasteiger partial charge in [-0.25, -0.2) is 0 Å². The Kier molecular flexibility index (Phi) is 4.20. The summed E-state index contributed by atoms with van der Waals surface area (Å²) in [5, 5.41) is 18.3. The molecule has 6 nitrogen and oxygen atoms in total. The van der Waals surface area contributed by atoms with Gasteiger partial charge in [-0.05, 0) is 52.5 Å². The van der Waals surface area contributed by atoms with Gasteiger partial charge in [-0.15, -0.1) is 5.11 Å². The quantitative estimate of drug-likeness (QED) is 0.669. The fraction of sp³-hybridized carbons (Fsp3) is 0.667. The van der Waals surface area contributed by atoms with Crippen LogP contribution in [0.4, 0.5) is 0 Å². The first-order chi connectivity index (χ1) is 10.9. The molecule has 0 bridgehead atoms. The lowest BCUT2D eigenvalue weighted by atomic mass is 9.97. The molecule has 2 heterocycles. The van der Waals surface area contributed by atoms with Crippen molar-refractivity contribution in [1.29, 1.82) is 5.26 Å². The molecule has 0 aromatic rings. The third-order valence-electron chi connectivity index (χ3n) is 3.99. The van der Waals surface area contributed by atoms with Crippen LogP contribution >= 0.6 is 19.3 Å². The highest BCUT2D eigenvalue weighted by Gasteiger charge is 2.66. The van der Waals surface area contributed by atoms with Gasteiger partial charge in [0.1, 0.15) is 0 Å². The van der Waals surface area contributed by atoms with Crippen LogP contribution in [0.2, 0.25) is 0 Å². The van der Waals surface area contributed by atoms with Crippen LogP contribution in [0.25, 0.3) is 0 Å². The Bertz CT molecular complexity index is 707. The molecule has 8 heteroatoms. The molecule has 0 saturated heterocycles. The maximum absolute atomic E-state index is 13.9. The molecule has 23 heavy (non-hydrogen) atoms. The molecule has 0 aromatic carbocycles. The van der Waals surface area contributed by atoms with Crippen molar-refractivity contribution in [3.05, 3.63) is 22.1 Å². The molecule has 1 spiro atoms. The van der Waals surface area contributed by atoms with Crippen molar-refractivity contribution in [2.45, 2.75) is 63.7 Å². The highest BCUT2D eigenvalue weighted by Crippen LogP contribution is 2.78. The average molecular weight is 352 g/mol. The highest BCUT2D eigenvalue weighted by atomic mass is 32.2. The Morgan fingerprint density at radius 2 is 2.22 bits per heavy atom. The summed E-state index contributed by atoms with van der Waals surface area (Å²) in [5.41, 5.74) is 1.44. The van der Waals surface area contributed by atoms with Crippen LogP contribution in [0.15, 0.2) is 32.5 Å². The lowest BCUT2D eigenvalue weighted by Crippen LogP contribution is -2.31. The fourth-order valence-electron chi connectivity index (χ4n) is 3.09. The maximum Gasteiger partial charge on any atom is 0.358 e. The van der Waals surface area contributed by atoms with Crippen LogP contribution in [-0.2, 0) is 9.09 Å². The highest BCUT2D eigenvalue weighted by molar-refractivity contribution is 8.10. The van der Waals surface area contributed by atoms with E-state index in [2.05, 4.69) is 22.5 Å². The molecule has 2 atom stereocenters. The molecule has 0 saturated carbocycles. The Morgan fingerprint density at radius 3 is 2.83 bits per heavy atom. The van der Waals surface area contributed by atoms with Gasteiger partial charge >= 0.3 is 7.52 Å². The van der Waals surface area contributed by atoms with Gasteiger partial charge in [0.2, 0.25) is 0 Å². The minimum atomic E-state index is -3.48. The zero-order valence-corrected chi connectivity index (χ0v) is 15.5. The van der Waals surface area contributed by atoms with Crippen molar-refractivity contribution in [2.24, 2.45) is 10.3 Å². The number of rotatable bonds is 3. The molecule has 0 radical (unpaired) electrons. The SMILES string of the molecule is CC(C)OP1(=O)N(C(C)C)N=NC12SC1=CCCCC1=C2C#N. The van der Waals surface area contributed by atoms with Crippen LogP contribution < -0.4 is 0 Å². The van der Waals surface area contributed by atoms with Gasteiger partial charge in [-0.1, -0.05) is 23.1 Å². The second-order valence-corrected chi connectivity index (χ2v) is 10.3. The molecule has 2 unspecified atom stereocenters. The van der Waals surface area contributed by atoms with Crippen LogP contribution in [0.1, 0.15) is 47.0 Å². The number of nitrogens with zero attached hydrogens (tertiary/aromatic N) is 4. The Morgan fingerprint density at radius 1 is 1.48 bits per heavy atom. The zero-order valence-electron chi connectivity index (χ0n) is 13.8. The molecule has 3 rings (SSSR count). The summed E-state index contributed by atoms with van der Waals surface area (Å²) in [7, 11) is -3.48. The normalized spacial score (nSPS) is 32.9. The van der Waals surface area contributed by atoms with E-state index in [1.54, 1.807) is 0 Å². The first-order valence-electron chi connectivity index (χ1n) is 7.90. The van der Waals surface area contributed by atoms with Gasteiger partial charge in [0, 0.05) is 4.91 Å². The summed E-state index contributed by atoms with van der Waals surface area (Å²) in [6.45, 7) is 7.49. The number of allylic oxidation sites excluding steroid dienone is 2. The lowest BCUT2D eigenvalue weighted by molar-refractivity contribution is 0.201. The predicted octanol–water partition coefficient (Wildman–Crippen LogP) is 4.98. The van der Waals surface area contributed by atoms with Crippen molar-refractivity contribution in [2.75, 3.05) is 0 Å². The van der Waals surface area contributed by atoms with Gasteiger partial charge in [-0.2, -0.15) is 10.0 Å². The predicted molar refractivity (Wildman–Crippen MR) is 90.6 cm³/mol. The van der Waals surface area contributed by atoms with Gasteiger partial charge in [0.05, 0.1) is 23.8 Å². The van der Waals surface area contributed by atoms with Gasteiger partial charge in [0.15, 0.2) is 0 Å². The molecule has 0 amide bonds. The molecule has 2 aliphatic heterocycles. The van der Waals surface area contributed by atoms with E-state index in [0.29, 0.717) is 5.57 Å². The Balaban J connectivity index is 2.18. The minimum Gasteiger partial charge on any atom is -0.307 e. The topological polar surface area (TPSA) is 78.0 Å². The summed E-state index contributed by atoms with van der Waals surface area (Å²) < 4.78 is 20.1. The standard InChI is InChI=1S/C15H21N4O2PS/c1-10(2)19-18-17-15(22(19,20)21-11(3)4)13(9-16)12-7-5-6-8-14(12)23-15/h8,10-11H,5-7H2,1-4H3. The maximum atomic E-state index is 13.9. The van der Waals surface area contributed by atoms with Crippen molar-refractivity contribution in [3.8, 4) is 6.07 Å². The molecule has 0 fully saturated rings. The minimum absolute atomic E-state index is 0.121. The van der Waals surface area contributed by atoms with Gasteiger partial charge < -0.3 is 4.52 Å². The van der Waals surface area contributed by atoms with Crippen molar-refractivity contribution >= 4 is 19.3 Å². The zero-order chi connectivity index (χ0) is 16.8. The third-order valence-corrected chi connectivity index (χ3v) is 9.03. The van der Waals surface area contributed by atoms with Crippen molar-refractivity contribution in [1.82, 2.24) is 4.78 Å². The third kappa shape index (κ3) is 2.31. The average Bonchev–Trinajstić information content (AvgIpc) is 2.94. The molecular weight excluding hydrogens is 331 g/mol. The summed E-state index contributed by atoms with van der Waals surface area (Å²) in [5.74, 6) is 0. The second kappa shape index (κ2) is 5.77. The van der Waals surface area contributed by atoms with Gasteiger partial charge in [-0.3, -0.25) is 4.57 Å². The Labute approximate surface area is 141 Å². The first kappa shape index (κ1) is 16.8. The summed E-state index contributed by atoms with van der Waals surface area (Å²) in [6.07, 6.45) is 4.66. The molecule has 0 aromatic heterocycles. The van der Waals surface area contributed by atoms with Crippen LogP contribution in [-0.4, -0.2) is 21.5 Å². The van der Waals surface area contributed by atoms with E-state index in [9.17, 15) is 9.83 Å².